The van der Waals surface area contributed by atoms with Gasteiger partial charge >= 0.3 is 0 Å². The van der Waals surface area contributed by atoms with Crippen molar-refractivity contribution < 1.29 is 14.3 Å². The quantitative estimate of drug-likeness (QED) is 0.424. The second-order valence-corrected chi connectivity index (χ2v) is 8.39. The number of rotatable bonds is 6. The highest BCUT2D eigenvalue weighted by Gasteiger charge is 2.37. The first-order chi connectivity index (χ1) is 14.9. The van der Waals surface area contributed by atoms with Crippen LogP contribution in [0.5, 0.6) is 11.5 Å². The van der Waals surface area contributed by atoms with Crippen LogP contribution < -0.4 is 9.64 Å². The first kappa shape index (κ1) is 20.9. The number of ether oxygens (including phenoxy) is 1. The van der Waals surface area contributed by atoms with Crippen molar-refractivity contribution in [2.24, 2.45) is 0 Å². The Balaban J connectivity index is 1.65. The molecule has 2 amide bonds. The number of hydrogen-bond donors (Lipinski definition) is 0. The molecule has 0 saturated heterocycles. The number of nitrogens with zero attached hydrogens (tertiary/aromatic N) is 1. The van der Waals surface area contributed by atoms with Gasteiger partial charge in [-0.2, -0.15) is 0 Å². The molecule has 0 radical (unpaired) electrons. The van der Waals surface area contributed by atoms with Crippen LogP contribution in [0.15, 0.2) is 66.7 Å². The van der Waals surface area contributed by atoms with Crippen molar-refractivity contribution in [3.63, 3.8) is 0 Å². The number of aryl methyl sites for hydroxylation is 1. The van der Waals surface area contributed by atoms with Gasteiger partial charge in [0.1, 0.15) is 11.5 Å². The van der Waals surface area contributed by atoms with E-state index >= 15 is 0 Å². The maximum absolute atomic E-state index is 13.2. The molecular weight excluding hydrogens is 386 g/mol. The number of hydrogen-bond acceptors (Lipinski definition) is 3. The molecule has 0 unspecified atom stereocenters. The van der Waals surface area contributed by atoms with Crippen molar-refractivity contribution in [2.75, 3.05) is 4.90 Å². The average molecular weight is 414 g/mol. The van der Waals surface area contributed by atoms with E-state index < -0.39 is 0 Å². The average Bonchev–Trinajstić information content (AvgIpc) is 3.04. The van der Waals surface area contributed by atoms with Gasteiger partial charge in [-0.1, -0.05) is 50.6 Å². The lowest BCUT2D eigenvalue weighted by molar-refractivity contribution is 0.0926. The Morgan fingerprint density at radius 2 is 1.45 bits per heavy atom. The summed E-state index contributed by atoms with van der Waals surface area (Å²) in [7, 11) is 0. The highest BCUT2D eigenvalue weighted by molar-refractivity contribution is 6.34. The summed E-state index contributed by atoms with van der Waals surface area (Å²) in [5, 5.41) is 0. The van der Waals surface area contributed by atoms with Gasteiger partial charge in [0.25, 0.3) is 11.8 Å². The summed E-state index contributed by atoms with van der Waals surface area (Å²) in [4.78, 5) is 27.6. The van der Waals surface area contributed by atoms with Crippen molar-refractivity contribution in [2.45, 2.75) is 46.0 Å². The minimum atomic E-state index is -0.318. The molecule has 0 bridgehead atoms. The van der Waals surface area contributed by atoms with Crippen LogP contribution in [0.4, 0.5) is 5.69 Å². The molecule has 0 fully saturated rings. The fraction of sp³-hybridized carbons (Fsp3) is 0.259. The SMILES string of the molecule is CCC(C)(CC)c1cccc(N2C(=O)c3ccc(Oc4ccc(C)cc4)cc3C2=O)c1. The number of imide groups is 1. The maximum Gasteiger partial charge on any atom is 0.266 e. The lowest BCUT2D eigenvalue weighted by atomic mass is 9.78. The molecule has 4 rings (SSSR count). The molecular formula is C27H27NO3. The predicted molar refractivity (Wildman–Crippen MR) is 123 cm³/mol. The maximum atomic E-state index is 13.2. The van der Waals surface area contributed by atoms with Gasteiger partial charge in [0.05, 0.1) is 16.8 Å². The molecule has 0 atom stereocenters. The third-order valence-electron chi connectivity index (χ3n) is 6.48. The van der Waals surface area contributed by atoms with E-state index in [1.165, 1.54) is 4.90 Å². The Morgan fingerprint density at radius 1 is 0.806 bits per heavy atom. The van der Waals surface area contributed by atoms with Gasteiger partial charge in [0.2, 0.25) is 0 Å². The van der Waals surface area contributed by atoms with E-state index in [0.29, 0.717) is 28.3 Å². The number of carbonyl (C=O) groups excluding carboxylic acids is 2. The Morgan fingerprint density at radius 3 is 2.13 bits per heavy atom. The zero-order chi connectivity index (χ0) is 22.2. The van der Waals surface area contributed by atoms with E-state index in [-0.39, 0.29) is 17.2 Å². The summed E-state index contributed by atoms with van der Waals surface area (Å²) in [6, 6.07) is 20.5. The van der Waals surface area contributed by atoms with Gasteiger partial charge in [-0.25, -0.2) is 4.90 Å². The molecule has 0 aliphatic carbocycles. The minimum absolute atomic E-state index is 0.00370. The minimum Gasteiger partial charge on any atom is -0.457 e. The Labute approximate surface area is 183 Å². The molecule has 0 N–H and O–H groups in total. The van der Waals surface area contributed by atoms with Crippen LogP contribution >= 0.6 is 0 Å². The van der Waals surface area contributed by atoms with Crippen LogP contribution in [0.1, 0.15) is 65.5 Å². The third kappa shape index (κ3) is 3.74. The molecule has 4 heteroatoms. The van der Waals surface area contributed by atoms with Gasteiger partial charge in [0, 0.05) is 0 Å². The summed E-state index contributed by atoms with van der Waals surface area (Å²) in [5.74, 6) is 0.601. The molecule has 1 aliphatic rings. The predicted octanol–water partition coefficient (Wildman–Crippen LogP) is 6.67. The number of fused-ring (bicyclic) bond motifs is 1. The zero-order valence-electron chi connectivity index (χ0n) is 18.4. The lowest BCUT2D eigenvalue weighted by Gasteiger charge is -2.28. The lowest BCUT2D eigenvalue weighted by Crippen LogP contribution is -2.30. The van der Waals surface area contributed by atoms with Gasteiger partial charge in [-0.15, -0.1) is 0 Å². The summed E-state index contributed by atoms with van der Waals surface area (Å²) in [6.45, 7) is 8.54. The van der Waals surface area contributed by atoms with Gasteiger partial charge in [0.15, 0.2) is 0 Å². The largest absolute Gasteiger partial charge is 0.457 e. The van der Waals surface area contributed by atoms with Gasteiger partial charge in [-0.05, 0) is 73.2 Å². The van der Waals surface area contributed by atoms with Crippen molar-refractivity contribution in [1.82, 2.24) is 0 Å². The molecule has 0 aromatic heterocycles. The summed E-state index contributed by atoms with van der Waals surface area (Å²) in [6.07, 6.45) is 1.96. The topological polar surface area (TPSA) is 46.6 Å². The van der Waals surface area contributed by atoms with Crippen LogP contribution in [0.3, 0.4) is 0 Å². The van der Waals surface area contributed by atoms with Crippen LogP contribution in [-0.2, 0) is 5.41 Å². The van der Waals surface area contributed by atoms with Gasteiger partial charge < -0.3 is 4.74 Å². The fourth-order valence-corrected chi connectivity index (χ4v) is 3.94. The van der Waals surface area contributed by atoms with Crippen LogP contribution in [0.25, 0.3) is 0 Å². The van der Waals surface area contributed by atoms with Crippen LogP contribution in [0.2, 0.25) is 0 Å². The van der Waals surface area contributed by atoms with Crippen molar-refractivity contribution in [3.8, 4) is 11.5 Å². The van der Waals surface area contributed by atoms with E-state index in [1.807, 2.05) is 49.4 Å². The first-order valence-electron chi connectivity index (χ1n) is 10.7. The molecule has 3 aromatic carbocycles. The normalized spacial score (nSPS) is 13.5. The molecule has 1 aliphatic heterocycles. The number of anilines is 1. The van der Waals surface area contributed by atoms with E-state index in [0.717, 1.165) is 24.0 Å². The summed E-state index contributed by atoms with van der Waals surface area (Å²) in [5.41, 5.74) is 3.66. The van der Waals surface area contributed by atoms with E-state index in [2.05, 4.69) is 26.8 Å². The number of benzene rings is 3. The highest BCUT2D eigenvalue weighted by atomic mass is 16.5. The Hall–Kier alpha value is -3.40. The molecule has 3 aromatic rings. The number of carbonyl (C=O) groups is 2. The standard InChI is InChI=1S/C27H27NO3/c1-5-27(4,6-2)19-8-7-9-20(16-19)28-25(29)23-15-14-22(17-24(23)26(28)30)31-21-12-10-18(3)11-13-21/h7-17H,5-6H2,1-4H3. The third-order valence-corrected chi connectivity index (χ3v) is 6.48. The first-order valence-corrected chi connectivity index (χ1v) is 10.7. The molecule has 158 valence electrons. The number of amides is 2. The van der Waals surface area contributed by atoms with E-state index in [4.69, 9.17) is 4.74 Å². The highest BCUT2D eigenvalue weighted by Crippen LogP contribution is 2.36. The zero-order valence-corrected chi connectivity index (χ0v) is 18.4. The summed E-state index contributed by atoms with van der Waals surface area (Å²) >= 11 is 0. The Kier molecular flexibility index (Phi) is 5.40. The molecule has 0 spiro atoms. The smallest absolute Gasteiger partial charge is 0.266 e. The van der Waals surface area contributed by atoms with E-state index in [9.17, 15) is 9.59 Å². The van der Waals surface area contributed by atoms with Crippen LogP contribution in [-0.4, -0.2) is 11.8 Å². The van der Waals surface area contributed by atoms with Crippen LogP contribution in [0, 0.1) is 6.92 Å². The summed E-state index contributed by atoms with van der Waals surface area (Å²) < 4.78 is 5.89. The molecule has 31 heavy (non-hydrogen) atoms. The molecule has 1 heterocycles. The molecule has 0 saturated carbocycles. The monoisotopic (exact) mass is 413 g/mol. The fourth-order valence-electron chi connectivity index (χ4n) is 3.94. The van der Waals surface area contributed by atoms with Crippen molar-refractivity contribution in [1.29, 1.82) is 0 Å². The van der Waals surface area contributed by atoms with E-state index in [1.54, 1.807) is 18.2 Å². The van der Waals surface area contributed by atoms with Crippen molar-refractivity contribution >= 4 is 17.5 Å². The van der Waals surface area contributed by atoms with Crippen molar-refractivity contribution in [3.05, 3.63) is 89.0 Å². The second-order valence-electron chi connectivity index (χ2n) is 8.39. The molecule has 4 nitrogen and oxygen atoms in total. The van der Waals surface area contributed by atoms with Gasteiger partial charge in [-0.3, -0.25) is 9.59 Å². The second kappa shape index (κ2) is 8.03. The Bertz CT molecular complexity index is 1140.